The first-order chi connectivity index (χ1) is 13.4. The second-order valence-electron chi connectivity index (χ2n) is 6.51. The molecule has 7 heteroatoms. The summed E-state index contributed by atoms with van der Waals surface area (Å²) in [6.45, 7) is -0.581. The molecule has 0 bridgehead atoms. The Morgan fingerprint density at radius 1 is 1.21 bits per heavy atom. The number of anilines is 1. The van der Waals surface area contributed by atoms with Gasteiger partial charge in [-0.05, 0) is 35.4 Å². The lowest BCUT2D eigenvalue weighted by Crippen LogP contribution is -2.36. The van der Waals surface area contributed by atoms with Crippen molar-refractivity contribution in [3.8, 4) is 5.75 Å². The number of carbonyl (C=O) groups excluding carboxylic acids is 2. The quantitative estimate of drug-likeness (QED) is 0.539. The highest BCUT2D eigenvalue weighted by molar-refractivity contribution is 6.08. The summed E-state index contributed by atoms with van der Waals surface area (Å²) in [6, 6.07) is 9.95. The average molecular weight is 383 g/mol. The number of fused-ring (bicyclic) bond motifs is 1. The molecule has 3 rings (SSSR count). The SMILES string of the molecule is COc1cc(/C=C/C(=O)CC2(O)C(=O)Nc3ccccc32)cc(CO)c1CO. The summed E-state index contributed by atoms with van der Waals surface area (Å²) in [6.07, 6.45) is 2.37. The van der Waals surface area contributed by atoms with Crippen molar-refractivity contribution in [2.24, 2.45) is 0 Å². The van der Waals surface area contributed by atoms with E-state index >= 15 is 0 Å². The summed E-state index contributed by atoms with van der Waals surface area (Å²) in [7, 11) is 1.44. The molecule has 0 aliphatic carbocycles. The molecule has 4 N–H and O–H groups in total. The molecule has 0 aromatic heterocycles. The highest BCUT2D eigenvalue weighted by Gasteiger charge is 2.46. The van der Waals surface area contributed by atoms with E-state index in [1.807, 2.05) is 0 Å². The van der Waals surface area contributed by atoms with Gasteiger partial charge in [0.15, 0.2) is 11.4 Å². The third-order valence-electron chi connectivity index (χ3n) is 4.76. The molecule has 0 saturated carbocycles. The Morgan fingerprint density at radius 2 is 1.96 bits per heavy atom. The number of carbonyl (C=O) groups is 2. The van der Waals surface area contributed by atoms with Crippen LogP contribution >= 0.6 is 0 Å². The fraction of sp³-hybridized carbons (Fsp3) is 0.238. The topological polar surface area (TPSA) is 116 Å². The first-order valence-electron chi connectivity index (χ1n) is 8.68. The number of rotatable bonds is 7. The van der Waals surface area contributed by atoms with Crippen molar-refractivity contribution in [2.45, 2.75) is 25.2 Å². The van der Waals surface area contributed by atoms with Gasteiger partial charge in [0, 0.05) is 16.8 Å². The standard InChI is InChI=1S/C21H21NO6/c1-28-19-9-13(8-14(11-23)16(19)12-24)6-7-15(25)10-21(27)17-4-2-3-5-18(17)22-20(21)26/h2-9,23-24,27H,10-12H2,1H3,(H,22,26)/b7-6+. The number of ketones is 1. The van der Waals surface area contributed by atoms with Gasteiger partial charge in [-0.1, -0.05) is 24.3 Å². The minimum absolute atomic E-state index is 0.288. The van der Waals surface area contributed by atoms with Crippen LogP contribution in [-0.2, 0) is 28.4 Å². The maximum Gasteiger partial charge on any atom is 0.261 e. The third-order valence-corrected chi connectivity index (χ3v) is 4.76. The van der Waals surface area contributed by atoms with Crippen LogP contribution in [0.2, 0.25) is 0 Å². The Balaban J connectivity index is 1.82. The Morgan fingerprint density at radius 3 is 2.64 bits per heavy atom. The van der Waals surface area contributed by atoms with Crippen molar-refractivity contribution in [1.82, 2.24) is 0 Å². The number of aliphatic hydroxyl groups is 3. The Bertz CT molecular complexity index is 927. The number of hydrogen-bond acceptors (Lipinski definition) is 6. The van der Waals surface area contributed by atoms with Gasteiger partial charge in [-0.25, -0.2) is 0 Å². The van der Waals surface area contributed by atoms with Crippen LogP contribution in [0, 0.1) is 0 Å². The number of ether oxygens (including phenoxy) is 1. The van der Waals surface area contributed by atoms with Crippen molar-refractivity contribution >= 4 is 23.5 Å². The molecule has 2 aromatic carbocycles. The fourth-order valence-corrected chi connectivity index (χ4v) is 3.30. The minimum Gasteiger partial charge on any atom is -0.496 e. The summed E-state index contributed by atoms with van der Waals surface area (Å²) in [5, 5.41) is 32.3. The Hall–Kier alpha value is -3.00. The van der Waals surface area contributed by atoms with Crippen molar-refractivity contribution < 1.29 is 29.6 Å². The number of amides is 1. The lowest BCUT2D eigenvalue weighted by atomic mass is 9.89. The van der Waals surface area contributed by atoms with E-state index < -0.39 is 23.7 Å². The molecule has 146 valence electrons. The maximum atomic E-state index is 12.4. The van der Waals surface area contributed by atoms with Gasteiger partial charge in [0.1, 0.15) is 5.75 Å². The second-order valence-corrected chi connectivity index (χ2v) is 6.51. The minimum atomic E-state index is -1.91. The van der Waals surface area contributed by atoms with E-state index in [-0.39, 0.29) is 13.2 Å². The zero-order chi connectivity index (χ0) is 20.3. The van der Waals surface area contributed by atoms with Gasteiger partial charge in [-0.15, -0.1) is 0 Å². The average Bonchev–Trinajstić information content (AvgIpc) is 2.95. The van der Waals surface area contributed by atoms with Crippen LogP contribution in [0.4, 0.5) is 5.69 Å². The normalized spacial score (nSPS) is 18.2. The smallest absolute Gasteiger partial charge is 0.261 e. The van der Waals surface area contributed by atoms with E-state index in [2.05, 4.69) is 5.32 Å². The highest BCUT2D eigenvalue weighted by Crippen LogP contribution is 2.38. The highest BCUT2D eigenvalue weighted by atomic mass is 16.5. The largest absolute Gasteiger partial charge is 0.496 e. The number of hydrogen-bond donors (Lipinski definition) is 4. The van der Waals surface area contributed by atoms with E-state index in [9.17, 15) is 24.9 Å². The Labute approximate surface area is 161 Å². The fourth-order valence-electron chi connectivity index (χ4n) is 3.30. The number of allylic oxidation sites excluding steroid dienone is 1. The first-order valence-corrected chi connectivity index (χ1v) is 8.68. The van der Waals surface area contributed by atoms with Crippen LogP contribution in [0.3, 0.4) is 0 Å². The van der Waals surface area contributed by atoms with Gasteiger partial charge < -0.3 is 25.4 Å². The zero-order valence-corrected chi connectivity index (χ0v) is 15.3. The molecule has 1 heterocycles. The van der Waals surface area contributed by atoms with Gasteiger partial charge in [-0.2, -0.15) is 0 Å². The van der Waals surface area contributed by atoms with Crippen LogP contribution in [0.25, 0.3) is 6.08 Å². The molecular weight excluding hydrogens is 362 g/mol. The summed E-state index contributed by atoms with van der Waals surface area (Å²) in [5.41, 5.74) is 0.489. The van der Waals surface area contributed by atoms with Crippen molar-refractivity contribution in [1.29, 1.82) is 0 Å². The van der Waals surface area contributed by atoms with E-state index in [0.29, 0.717) is 33.7 Å². The molecule has 28 heavy (non-hydrogen) atoms. The summed E-state index contributed by atoms with van der Waals surface area (Å²) in [5.74, 6) is -0.680. The molecule has 1 aliphatic rings. The molecule has 7 nitrogen and oxygen atoms in total. The van der Waals surface area contributed by atoms with Gasteiger partial charge in [0.25, 0.3) is 5.91 Å². The lowest BCUT2D eigenvalue weighted by Gasteiger charge is -2.19. The predicted molar refractivity (Wildman–Crippen MR) is 102 cm³/mol. The molecule has 0 fully saturated rings. The van der Waals surface area contributed by atoms with Gasteiger partial charge in [0.05, 0.1) is 26.7 Å². The lowest BCUT2D eigenvalue weighted by molar-refractivity contribution is -0.138. The van der Waals surface area contributed by atoms with E-state index in [1.54, 1.807) is 36.4 Å². The third kappa shape index (κ3) is 3.55. The number of aliphatic hydroxyl groups excluding tert-OH is 2. The number of methoxy groups -OCH3 is 1. The van der Waals surface area contributed by atoms with Crippen molar-refractivity contribution in [2.75, 3.05) is 12.4 Å². The monoisotopic (exact) mass is 383 g/mol. The zero-order valence-electron chi connectivity index (χ0n) is 15.3. The number of para-hydroxylation sites is 1. The molecule has 0 saturated heterocycles. The predicted octanol–water partition coefficient (Wildman–Crippen LogP) is 1.49. The first kappa shape index (κ1) is 19.8. The molecular formula is C21H21NO6. The van der Waals surface area contributed by atoms with Gasteiger partial charge in [-0.3, -0.25) is 9.59 Å². The van der Waals surface area contributed by atoms with E-state index in [4.69, 9.17) is 4.74 Å². The molecule has 1 amide bonds. The number of benzene rings is 2. The summed E-state index contributed by atoms with van der Waals surface area (Å²) in [4.78, 5) is 24.6. The summed E-state index contributed by atoms with van der Waals surface area (Å²) >= 11 is 0. The molecule has 1 unspecified atom stereocenters. The van der Waals surface area contributed by atoms with Crippen molar-refractivity contribution in [3.63, 3.8) is 0 Å². The van der Waals surface area contributed by atoms with Crippen LogP contribution in [-0.4, -0.2) is 34.1 Å². The van der Waals surface area contributed by atoms with Gasteiger partial charge >= 0.3 is 0 Å². The van der Waals surface area contributed by atoms with Crippen LogP contribution in [0.1, 0.15) is 28.7 Å². The maximum absolute atomic E-state index is 12.4. The number of nitrogens with one attached hydrogen (secondary N) is 1. The van der Waals surface area contributed by atoms with Crippen LogP contribution < -0.4 is 10.1 Å². The molecule has 1 aliphatic heterocycles. The molecule has 0 radical (unpaired) electrons. The van der Waals surface area contributed by atoms with Gasteiger partial charge in [0.2, 0.25) is 0 Å². The second kappa shape index (κ2) is 7.93. The van der Waals surface area contributed by atoms with Crippen molar-refractivity contribution in [3.05, 3.63) is 64.7 Å². The summed E-state index contributed by atoms with van der Waals surface area (Å²) < 4.78 is 5.22. The van der Waals surface area contributed by atoms with E-state index in [0.717, 1.165) is 0 Å². The molecule has 0 spiro atoms. The van der Waals surface area contributed by atoms with Crippen LogP contribution in [0.15, 0.2) is 42.5 Å². The van der Waals surface area contributed by atoms with Crippen LogP contribution in [0.5, 0.6) is 5.75 Å². The molecule has 2 aromatic rings. The molecule has 1 atom stereocenters. The Kier molecular flexibility index (Phi) is 5.60. The van der Waals surface area contributed by atoms with E-state index in [1.165, 1.54) is 19.3 Å².